The molecule has 27 heavy (non-hydrogen) atoms. The Hall–Kier alpha value is -2.77. The fourth-order valence-corrected chi connectivity index (χ4v) is 3.24. The quantitative estimate of drug-likeness (QED) is 0.640. The molecular weight excluding hydrogens is 364 g/mol. The summed E-state index contributed by atoms with van der Waals surface area (Å²) >= 11 is 0. The molecule has 0 atom stereocenters. The average Bonchev–Trinajstić information content (AvgIpc) is 2.90. The standard InChI is InChI=1S/C20H20N2O4S/c1-13(2)16-6-4-15(5-7-16)12-19-14(3)21-22(20(19)23)17-8-10-18(11-9-17)27(24,25)26/h4-13H,1-3H3,(H,24,25,26)/b19-12+. The minimum absolute atomic E-state index is 0.236. The van der Waals surface area contributed by atoms with E-state index in [2.05, 4.69) is 18.9 Å². The number of hydrogen-bond acceptors (Lipinski definition) is 4. The number of amides is 1. The second-order valence-electron chi connectivity index (χ2n) is 6.65. The molecule has 1 aliphatic rings. The van der Waals surface area contributed by atoms with Crippen molar-refractivity contribution in [3.63, 3.8) is 0 Å². The van der Waals surface area contributed by atoms with E-state index in [0.717, 1.165) is 5.56 Å². The van der Waals surface area contributed by atoms with Crippen LogP contribution >= 0.6 is 0 Å². The summed E-state index contributed by atoms with van der Waals surface area (Å²) in [5.41, 5.74) is 3.60. The molecule has 1 heterocycles. The summed E-state index contributed by atoms with van der Waals surface area (Å²) in [4.78, 5) is 12.5. The van der Waals surface area contributed by atoms with E-state index in [1.165, 1.54) is 34.8 Å². The maximum absolute atomic E-state index is 12.8. The van der Waals surface area contributed by atoms with E-state index in [9.17, 15) is 13.2 Å². The maximum Gasteiger partial charge on any atom is 0.294 e. The Kier molecular flexibility index (Phi) is 4.99. The van der Waals surface area contributed by atoms with Gasteiger partial charge in [0.15, 0.2) is 0 Å². The first kappa shape index (κ1) is 19.0. The number of hydrazone groups is 1. The molecule has 0 spiro atoms. The zero-order valence-corrected chi connectivity index (χ0v) is 16.1. The summed E-state index contributed by atoms with van der Waals surface area (Å²) in [5.74, 6) is 0.143. The van der Waals surface area contributed by atoms with Gasteiger partial charge in [-0.3, -0.25) is 9.35 Å². The molecule has 6 nitrogen and oxygen atoms in total. The molecule has 0 unspecified atom stereocenters. The van der Waals surface area contributed by atoms with Crippen molar-refractivity contribution < 1.29 is 17.8 Å². The molecule has 0 aromatic heterocycles. The van der Waals surface area contributed by atoms with Crippen LogP contribution in [0.15, 0.2) is 64.1 Å². The van der Waals surface area contributed by atoms with E-state index in [0.29, 0.717) is 22.9 Å². The van der Waals surface area contributed by atoms with E-state index in [4.69, 9.17) is 4.55 Å². The molecule has 1 amide bonds. The van der Waals surface area contributed by atoms with E-state index < -0.39 is 10.1 Å². The molecule has 0 saturated carbocycles. The van der Waals surface area contributed by atoms with Gasteiger partial charge < -0.3 is 0 Å². The summed E-state index contributed by atoms with van der Waals surface area (Å²) in [7, 11) is -4.28. The number of hydrogen-bond donors (Lipinski definition) is 1. The highest BCUT2D eigenvalue weighted by molar-refractivity contribution is 7.85. The van der Waals surface area contributed by atoms with Crippen LogP contribution in [0.1, 0.15) is 37.8 Å². The van der Waals surface area contributed by atoms with Gasteiger partial charge in [-0.1, -0.05) is 38.1 Å². The predicted octanol–water partition coefficient (Wildman–Crippen LogP) is 3.86. The Bertz CT molecular complexity index is 1030. The highest BCUT2D eigenvalue weighted by Gasteiger charge is 2.28. The van der Waals surface area contributed by atoms with Crippen molar-refractivity contribution >= 4 is 33.5 Å². The van der Waals surface area contributed by atoms with Crippen LogP contribution in [0.5, 0.6) is 0 Å². The van der Waals surface area contributed by atoms with Crippen LogP contribution in [0, 0.1) is 0 Å². The monoisotopic (exact) mass is 384 g/mol. The Balaban J connectivity index is 1.87. The number of benzene rings is 2. The van der Waals surface area contributed by atoms with Crippen molar-refractivity contribution in [2.45, 2.75) is 31.6 Å². The Morgan fingerprint density at radius 1 is 1.04 bits per heavy atom. The van der Waals surface area contributed by atoms with Gasteiger partial charge in [-0.05, 0) is 54.3 Å². The van der Waals surface area contributed by atoms with Gasteiger partial charge in [0.05, 0.1) is 21.9 Å². The third-order valence-corrected chi connectivity index (χ3v) is 5.22. The first-order chi connectivity index (χ1) is 12.7. The fourth-order valence-electron chi connectivity index (χ4n) is 2.76. The normalized spacial score (nSPS) is 16.3. The van der Waals surface area contributed by atoms with E-state index in [1.54, 1.807) is 13.0 Å². The molecule has 7 heteroatoms. The van der Waals surface area contributed by atoms with E-state index in [-0.39, 0.29) is 10.8 Å². The Morgan fingerprint density at radius 2 is 1.63 bits per heavy atom. The van der Waals surface area contributed by atoms with Gasteiger partial charge in [-0.25, -0.2) is 0 Å². The number of carbonyl (C=O) groups excluding carboxylic acids is 1. The van der Waals surface area contributed by atoms with Crippen molar-refractivity contribution in [3.8, 4) is 0 Å². The summed E-state index contributed by atoms with van der Waals surface area (Å²) in [6, 6.07) is 13.3. The summed E-state index contributed by atoms with van der Waals surface area (Å²) in [6.45, 7) is 5.99. The maximum atomic E-state index is 12.8. The van der Waals surface area contributed by atoms with Gasteiger partial charge in [0.25, 0.3) is 16.0 Å². The molecule has 0 aliphatic carbocycles. The predicted molar refractivity (Wildman–Crippen MR) is 105 cm³/mol. The van der Waals surface area contributed by atoms with Crippen LogP contribution in [0.4, 0.5) is 5.69 Å². The molecule has 140 valence electrons. The number of anilines is 1. The second kappa shape index (κ2) is 7.09. The molecule has 0 fully saturated rings. The van der Waals surface area contributed by atoms with Gasteiger partial charge >= 0.3 is 0 Å². The number of nitrogens with zero attached hydrogens (tertiary/aromatic N) is 2. The third kappa shape index (κ3) is 3.99. The van der Waals surface area contributed by atoms with Crippen LogP contribution in [-0.4, -0.2) is 24.6 Å². The molecule has 0 radical (unpaired) electrons. The highest BCUT2D eigenvalue weighted by Crippen LogP contribution is 2.26. The SMILES string of the molecule is CC1=NN(c2ccc(S(=O)(=O)O)cc2)C(=O)/C1=C/c1ccc(C(C)C)cc1. The van der Waals surface area contributed by atoms with E-state index in [1.807, 2.05) is 24.3 Å². The molecule has 1 N–H and O–H groups in total. The van der Waals surface area contributed by atoms with E-state index >= 15 is 0 Å². The third-order valence-electron chi connectivity index (χ3n) is 4.36. The molecule has 0 bridgehead atoms. The van der Waals surface area contributed by atoms with Crippen LogP contribution in [-0.2, 0) is 14.9 Å². The lowest BCUT2D eigenvalue weighted by Crippen LogP contribution is -2.21. The minimum atomic E-state index is -4.28. The number of carbonyl (C=O) groups is 1. The van der Waals surface area contributed by atoms with Gasteiger partial charge in [-0.15, -0.1) is 0 Å². The van der Waals surface area contributed by atoms with Gasteiger partial charge in [0.1, 0.15) is 0 Å². The van der Waals surface area contributed by atoms with Crippen molar-refractivity contribution in [2.24, 2.45) is 5.10 Å². The van der Waals surface area contributed by atoms with Gasteiger partial charge in [-0.2, -0.15) is 18.5 Å². The fraction of sp³-hybridized carbons (Fsp3) is 0.200. The van der Waals surface area contributed by atoms with Crippen molar-refractivity contribution in [3.05, 3.63) is 65.2 Å². The lowest BCUT2D eigenvalue weighted by atomic mass is 10.0. The van der Waals surface area contributed by atoms with Crippen molar-refractivity contribution in [1.82, 2.24) is 0 Å². The largest absolute Gasteiger partial charge is 0.294 e. The lowest BCUT2D eigenvalue weighted by Gasteiger charge is -2.12. The van der Waals surface area contributed by atoms with Crippen LogP contribution < -0.4 is 5.01 Å². The molecule has 2 aromatic rings. The van der Waals surface area contributed by atoms with Crippen LogP contribution in [0.25, 0.3) is 6.08 Å². The summed E-state index contributed by atoms with van der Waals surface area (Å²) < 4.78 is 31.3. The van der Waals surface area contributed by atoms with Crippen LogP contribution in [0.2, 0.25) is 0 Å². The first-order valence-corrected chi connectivity index (χ1v) is 9.90. The topological polar surface area (TPSA) is 87.0 Å². The van der Waals surface area contributed by atoms with Gasteiger partial charge in [0, 0.05) is 0 Å². The molecule has 0 saturated heterocycles. The minimum Gasteiger partial charge on any atom is -0.282 e. The van der Waals surface area contributed by atoms with Gasteiger partial charge in [0.2, 0.25) is 0 Å². The molecule has 2 aromatic carbocycles. The molecule has 1 aliphatic heterocycles. The molecule has 3 rings (SSSR count). The van der Waals surface area contributed by atoms with Crippen molar-refractivity contribution in [1.29, 1.82) is 0 Å². The lowest BCUT2D eigenvalue weighted by molar-refractivity contribution is -0.114. The molecular formula is C20H20N2O4S. The van der Waals surface area contributed by atoms with Crippen LogP contribution in [0.3, 0.4) is 0 Å². The number of rotatable bonds is 4. The highest BCUT2D eigenvalue weighted by atomic mass is 32.2. The zero-order valence-electron chi connectivity index (χ0n) is 15.2. The summed E-state index contributed by atoms with van der Waals surface area (Å²) in [6.07, 6.45) is 1.79. The Morgan fingerprint density at radius 3 is 2.15 bits per heavy atom. The van der Waals surface area contributed by atoms with Crippen molar-refractivity contribution in [2.75, 3.05) is 5.01 Å². The average molecular weight is 384 g/mol. The second-order valence-corrected chi connectivity index (χ2v) is 8.07. The summed E-state index contributed by atoms with van der Waals surface area (Å²) in [5, 5.41) is 5.49. The smallest absolute Gasteiger partial charge is 0.282 e. The first-order valence-electron chi connectivity index (χ1n) is 8.46. The Labute approximate surface area is 158 Å². The zero-order chi connectivity index (χ0) is 19.8.